The van der Waals surface area contributed by atoms with Crippen molar-refractivity contribution in [2.24, 2.45) is 0 Å². The van der Waals surface area contributed by atoms with Crippen LogP contribution in [0.2, 0.25) is 5.02 Å². The van der Waals surface area contributed by atoms with Crippen LogP contribution in [0.3, 0.4) is 0 Å². The lowest BCUT2D eigenvalue weighted by Crippen LogP contribution is -2.49. The summed E-state index contributed by atoms with van der Waals surface area (Å²) in [5.41, 5.74) is 2.29. The number of hydrogen-bond donors (Lipinski definition) is 0. The SMILES string of the molecule is O=CN(OCc1ccccc1)c1ccc(C(=O)N2CCN(CCc3ccc(Cl)cc3)CC2)c(F)c1. The van der Waals surface area contributed by atoms with Crippen molar-refractivity contribution in [3.05, 3.63) is 100 Å². The maximum Gasteiger partial charge on any atom is 0.256 e. The third-order valence-corrected chi connectivity index (χ3v) is 6.29. The highest BCUT2D eigenvalue weighted by Gasteiger charge is 2.24. The number of benzene rings is 3. The zero-order valence-electron chi connectivity index (χ0n) is 19.3. The Hall–Kier alpha value is -3.26. The van der Waals surface area contributed by atoms with Crippen molar-refractivity contribution in [1.29, 1.82) is 0 Å². The van der Waals surface area contributed by atoms with Crippen LogP contribution in [0.1, 0.15) is 21.5 Å². The smallest absolute Gasteiger partial charge is 0.256 e. The van der Waals surface area contributed by atoms with Gasteiger partial charge in [0.2, 0.25) is 6.41 Å². The highest BCUT2D eigenvalue weighted by molar-refractivity contribution is 6.30. The number of piperazine rings is 1. The van der Waals surface area contributed by atoms with E-state index in [-0.39, 0.29) is 23.8 Å². The van der Waals surface area contributed by atoms with Crippen molar-refractivity contribution >= 4 is 29.6 Å². The van der Waals surface area contributed by atoms with Crippen LogP contribution in [0.4, 0.5) is 10.1 Å². The highest BCUT2D eigenvalue weighted by atomic mass is 35.5. The Morgan fingerprint density at radius 3 is 2.34 bits per heavy atom. The molecule has 8 heteroatoms. The van der Waals surface area contributed by atoms with Gasteiger partial charge in [-0.25, -0.2) is 4.39 Å². The number of nitrogens with zero attached hydrogens (tertiary/aromatic N) is 3. The molecule has 6 nitrogen and oxygen atoms in total. The minimum absolute atomic E-state index is 0.0164. The van der Waals surface area contributed by atoms with Gasteiger partial charge in [-0.1, -0.05) is 54.1 Å². The quantitative estimate of drug-likeness (QED) is 0.322. The van der Waals surface area contributed by atoms with E-state index in [2.05, 4.69) is 4.90 Å². The average molecular weight is 496 g/mol. The molecule has 0 aliphatic carbocycles. The topological polar surface area (TPSA) is 53.1 Å². The van der Waals surface area contributed by atoms with Crippen LogP contribution in [0.15, 0.2) is 72.8 Å². The zero-order valence-corrected chi connectivity index (χ0v) is 20.0. The number of halogens is 2. The van der Waals surface area contributed by atoms with Crippen molar-refractivity contribution in [2.45, 2.75) is 13.0 Å². The van der Waals surface area contributed by atoms with Gasteiger partial charge in [-0.2, -0.15) is 5.06 Å². The molecular formula is C27H27ClFN3O3. The maximum absolute atomic E-state index is 14.9. The lowest BCUT2D eigenvalue weighted by molar-refractivity contribution is -0.114. The third-order valence-electron chi connectivity index (χ3n) is 6.04. The minimum Gasteiger partial charge on any atom is -0.336 e. The molecule has 0 aromatic heterocycles. The van der Waals surface area contributed by atoms with Crippen molar-refractivity contribution in [2.75, 3.05) is 37.8 Å². The predicted molar refractivity (Wildman–Crippen MR) is 134 cm³/mol. The van der Waals surface area contributed by atoms with E-state index in [9.17, 15) is 14.0 Å². The Balaban J connectivity index is 1.30. The van der Waals surface area contributed by atoms with Gasteiger partial charge in [0.1, 0.15) is 12.4 Å². The van der Waals surface area contributed by atoms with E-state index < -0.39 is 5.82 Å². The number of hydroxylamine groups is 1. The molecule has 1 aliphatic rings. The molecule has 1 heterocycles. The lowest BCUT2D eigenvalue weighted by Gasteiger charge is -2.35. The summed E-state index contributed by atoms with van der Waals surface area (Å²) in [5, 5.41) is 1.68. The van der Waals surface area contributed by atoms with E-state index in [4.69, 9.17) is 16.4 Å². The van der Waals surface area contributed by atoms with Gasteiger partial charge in [-0.15, -0.1) is 0 Å². The highest BCUT2D eigenvalue weighted by Crippen LogP contribution is 2.21. The summed E-state index contributed by atoms with van der Waals surface area (Å²) >= 11 is 5.94. The average Bonchev–Trinajstić information content (AvgIpc) is 2.89. The predicted octanol–water partition coefficient (Wildman–Crippen LogP) is 4.57. The summed E-state index contributed by atoms with van der Waals surface area (Å²) in [5.74, 6) is -1.04. The summed E-state index contributed by atoms with van der Waals surface area (Å²) in [6.45, 7) is 3.56. The number of amides is 2. The molecule has 1 fully saturated rings. The largest absolute Gasteiger partial charge is 0.336 e. The normalized spacial score (nSPS) is 14.1. The van der Waals surface area contributed by atoms with Crippen LogP contribution in [-0.4, -0.2) is 54.8 Å². The number of hydrogen-bond acceptors (Lipinski definition) is 4. The summed E-state index contributed by atoms with van der Waals surface area (Å²) in [4.78, 5) is 33.9. The first kappa shape index (κ1) is 24.9. The Morgan fingerprint density at radius 1 is 0.971 bits per heavy atom. The first-order chi connectivity index (χ1) is 17.0. The second-order valence-corrected chi connectivity index (χ2v) is 8.80. The fraction of sp³-hybridized carbons (Fsp3) is 0.259. The van der Waals surface area contributed by atoms with Crippen LogP contribution >= 0.6 is 11.6 Å². The van der Waals surface area contributed by atoms with E-state index >= 15 is 0 Å². The number of rotatable bonds is 9. The van der Waals surface area contributed by atoms with Crippen LogP contribution < -0.4 is 5.06 Å². The molecule has 0 spiro atoms. The molecule has 3 aromatic rings. The van der Waals surface area contributed by atoms with Gasteiger partial charge >= 0.3 is 0 Å². The molecule has 182 valence electrons. The Bertz CT molecular complexity index is 1140. The number of carbonyl (C=O) groups excluding carboxylic acids is 2. The molecule has 0 saturated carbocycles. The van der Waals surface area contributed by atoms with E-state index in [0.717, 1.165) is 47.8 Å². The lowest BCUT2D eigenvalue weighted by atomic mass is 10.1. The molecule has 0 radical (unpaired) electrons. The molecular weight excluding hydrogens is 469 g/mol. The van der Waals surface area contributed by atoms with Crippen LogP contribution in [0, 0.1) is 5.82 Å². The van der Waals surface area contributed by atoms with Gasteiger partial charge in [0.05, 0.1) is 11.3 Å². The van der Waals surface area contributed by atoms with Crippen molar-refractivity contribution in [1.82, 2.24) is 9.80 Å². The molecule has 0 N–H and O–H groups in total. The first-order valence-corrected chi connectivity index (χ1v) is 11.9. The van der Waals surface area contributed by atoms with Gasteiger partial charge in [0.15, 0.2) is 0 Å². The van der Waals surface area contributed by atoms with Crippen LogP contribution in [0.5, 0.6) is 0 Å². The van der Waals surface area contributed by atoms with Gasteiger partial charge in [0.25, 0.3) is 5.91 Å². The maximum atomic E-state index is 14.9. The van der Waals surface area contributed by atoms with Crippen LogP contribution in [-0.2, 0) is 22.7 Å². The number of carbonyl (C=O) groups is 2. The van der Waals surface area contributed by atoms with Crippen LogP contribution in [0.25, 0.3) is 0 Å². The summed E-state index contributed by atoms with van der Waals surface area (Å²) < 4.78 is 14.9. The van der Waals surface area contributed by atoms with Gasteiger partial charge < -0.3 is 4.90 Å². The van der Waals surface area contributed by atoms with Crippen molar-refractivity contribution < 1.29 is 18.8 Å². The van der Waals surface area contributed by atoms with Gasteiger partial charge in [0, 0.05) is 43.8 Å². The van der Waals surface area contributed by atoms with E-state index in [1.807, 2.05) is 54.6 Å². The second kappa shape index (κ2) is 11.9. The van der Waals surface area contributed by atoms with E-state index in [0.29, 0.717) is 19.5 Å². The summed E-state index contributed by atoms with van der Waals surface area (Å²) in [6.07, 6.45) is 1.38. The zero-order chi connectivity index (χ0) is 24.6. The molecule has 0 unspecified atom stereocenters. The molecule has 2 amide bonds. The first-order valence-electron chi connectivity index (χ1n) is 11.5. The van der Waals surface area contributed by atoms with Gasteiger partial charge in [-0.3, -0.25) is 19.3 Å². The Kier molecular flexibility index (Phi) is 8.47. The minimum atomic E-state index is -0.687. The van der Waals surface area contributed by atoms with Crippen molar-refractivity contribution in [3.63, 3.8) is 0 Å². The Morgan fingerprint density at radius 2 is 1.69 bits per heavy atom. The molecule has 35 heavy (non-hydrogen) atoms. The summed E-state index contributed by atoms with van der Waals surface area (Å²) in [7, 11) is 0. The Labute approximate surface area is 209 Å². The summed E-state index contributed by atoms with van der Waals surface area (Å²) in [6, 6.07) is 21.2. The molecule has 3 aromatic carbocycles. The standard InChI is InChI=1S/C27H27ClFN3O3/c28-23-8-6-21(7-9-23)12-13-30-14-16-31(17-15-30)27(34)25-11-10-24(18-26(25)29)32(20-33)35-19-22-4-2-1-3-5-22/h1-11,18,20H,12-17,19H2. The monoisotopic (exact) mass is 495 g/mol. The second-order valence-electron chi connectivity index (χ2n) is 8.36. The third kappa shape index (κ3) is 6.66. The van der Waals surface area contributed by atoms with Gasteiger partial charge in [-0.05, 0) is 41.8 Å². The fourth-order valence-electron chi connectivity index (χ4n) is 3.98. The molecule has 0 bridgehead atoms. The molecule has 4 rings (SSSR count). The van der Waals surface area contributed by atoms with E-state index in [1.165, 1.54) is 17.7 Å². The fourth-order valence-corrected chi connectivity index (χ4v) is 4.11. The van der Waals surface area contributed by atoms with E-state index in [1.54, 1.807) is 4.90 Å². The molecule has 1 saturated heterocycles. The number of anilines is 1. The molecule has 0 atom stereocenters. The molecule has 1 aliphatic heterocycles. The van der Waals surface area contributed by atoms with Crippen molar-refractivity contribution in [3.8, 4) is 0 Å².